The van der Waals surface area contributed by atoms with Crippen molar-refractivity contribution in [3.63, 3.8) is 0 Å². The molecule has 84 valence electrons. The maximum atomic E-state index is 3.50. The molecule has 1 aromatic carbocycles. The Morgan fingerprint density at radius 2 is 1.67 bits per heavy atom. The van der Waals surface area contributed by atoms with Gasteiger partial charge < -0.3 is 5.32 Å². The van der Waals surface area contributed by atoms with Crippen LogP contribution in [0.4, 0.5) is 0 Å². The molecule has 0 atom stereocenters. The summed E-state index contributed by atoms with van der Waals surface area (Å²) in [5.41, 5.74) is 5.66. The molecule has 1 N–H and O–H groups in total. The fourth-order valence-corrected chi connectivity index (χ4v) is 2.00. The second-order valence-electron chi connectivity index (χ2n) is 4.41. The van der Waals surface area contributed by atoms with Crippen molar-refractivity contribution in [2.45, 2.75) is 47.1 Å². The maximum Gasteiger partial charge on any atom is 0.0210 e. The lowest BCUT2D eigenvalue weighted by atomic mass is 10.00. The van der Waals surface area contributed by atoms with Crippen molar-refractivity contribution in [2.24, 2.45) is 0 Å². The van der Waals surface area contributed by atoms with Crippen LogP contribution in [0, 0.1) is 20.8 Å². The summed E-state index contributed by atoms with van der Waals surface area (Å²) in [5.74, 6) is 0. The summed E-state index contributed by atoms with van der Waals surface area (Å²) < 4.78 is 0. The molecule has 1 rings (SSSR count). The van der Waals surface area contributed by atoms with E-state index in [1.165, 1.54) is 35.1 Å². The first-order chi connectivity index (χ1) is 7.15. The summed E-state index contributed by atoms with van der Waals surface area (Å²) >= 11 is 0. The number of nitrogens with one attached hydrogen (secondary N) is 1. The topological polar surface area (TPSA) is 12.0 Å². The minimum Gasteiger partial charge on any atom is -0.313 e. The van der Waals surface area contributed by atoms with Crippen molar-refractivity contribution in [3.8, 4) is 0 Å². The Morgan fingerprint density at radius 1 is 1.07 bits per heavy atom. The van der Waals surface area contributed by atoms with E-state index in [1.54, 1.807) is 0 Å². The highest BCUT2D eigenvalue weighted by Gasteiger charge is 2.02. The van der Waals surface area contributed by atoms with Crippen LogP contribution in [0.25, 0.3) is 0 Å². The van der Waals surface area contributed by atoms with Gasteiger partial charge in [0.1, 0.15) is 0 Å². The average molecular weight is 205 g/mol. The first-order valence-corrected chi connectivity index (χ1v) is 5.92. The molecule has 0 bridgehead atoms. The molecule has 0 aromatic heterocycles. The molecule has 1 aromatic rings. The van der Waals surface area contributed by atoms with E-state index in [9.17, 15) is 0 Å². The molecule has 0 amide bonds. The highest BCUT2D eigenvalue weighted by molar-refractivity contribution is 5.37. The monoisotopic (exact) mass is 205 g/mol. The number of unbranched alkanes of at least 4 members (excludes halogenated alkanes) is 1. The molecule has 0 aliphatic rings. The summed E-state index contributed by atoms with van der Waals surface area (Å²) in [7, 11) is 0. The molecule has 0 saturated carbocycles. The number of rotatable bonds is 5. The van der Waals surface area contributed by atoms with E-state index < -0.39 is 0 Å². The molecule has 0 saturated heterocycles. The summed E-state index contributed by atoms with van der Waals surface area (Å²) in [6.07, 6.45) is 2.53. The quantitative estimate of drug-likeness (QED) is 0.725. The van der Waals surface area contributed by atoms with Crippen LogP contribution in [-0.2, 0) is 6.54 Å². The predicted octanol–water partition coefficient (Wildman–Crippen LogP) is 3.50. The zero-order chi connectivity index (χ0) is 11.3. The molecule has 0 aliphatic heterocycles. The predicted molar refractivity (Wildman–Crippen MR) is 67.3 cm³/mol. The first-order valence-electron chi connectivity index (χ1n) is 5.92. The van der Waals surface area contributed by atoms with Crippen molar-refractivity contribution in [2.75, 3.05) is 6.54 Å². The number of aryl methyl sites for hydroxylation is 3. The highest BCUT2D eigenvalue weighted by Crippen LogP contribution is 2.15. The Kier molecular flexibility index (Phi) is 4.83. The fraction of sp³-hybridized carbons (Fsp3) is 0.571. The Bertz CT molecular complexity index is 292. The van der Waals surface area contributed by atoms with E-state index in [-0.39, 0.29) is 0 Å². The Labute approximate surface area is 93.9 Å². The molecular formula is C14H23N. The average Bonchev–Trinajstić information content (AvgIpc) is 2.15. The van der Waals surface area contributed by atoms with Gasteiger partial charge in [0.15, 0.2) is 0 Å². The van der Waals surface area contributed by atoms with Crippen molar-refractivity contribution in [3.05, 3.63) is 34.4 Å². The highest BCUT2D eigenvalue weighted by atomic mass is 14.8. The van der Waals surface area contributed by atoms with Crippen LogP contribution in [0.2, 0.25) is 0 Å². The maximum absolute atomic E-state index is 3.50. The molecule has 0 spiro atoms. The number of hydrogen-bond donors (Lipinski definition) is 1. The van der Waals surface area contributed by atoms with Gasteiger partial charge in [-0.25, -0.2) is 0 Å². The van der Waals surface area contributed by atoms with Gasteiger partial charge in [0.2, 0.25) is 0 Å². The summed E-state index contributed by atoms with van der Waals surface area (Å²) in [5, 5.41) is 3.50. The van der Waals surface area contributed by atoms with Crippen LogP contribution in [0.5, 0.6) is 0 Å². The molecule has 0 heterocycles. The Hall–Kier alpha value is -0.820. The SMILES string of the molecule is CCCCNCc1c(C)cc(C)cc1C. The fourth-order valence-electron chi connectivity index (χ4n) is 2.00. The van der Waals surface area contributed by atoms with Crippen LogP contribution >= 0.6 is 0 Å². The van der Waals surface area contributed by atoms with Crippen LogP contribution in [0.1, 0.15) is 42.0 Å². The summed E-state index contributed by atoms with van der Waals surface area (Å²) in [6, 6.07) is 4.54. The van der Waals surface area contributed by atoms with Crippen LogP contribution < -0.4 is 5.32 Å². The van der Waals surface area contributed by atoms with Gasteiger partial charge in [-0.1, -0.05) is 31.0 Å². The van der Waals surface area contributed by atoms with E-state index in [2.05, 4.69) is 45.1 Å². The zero-order valence-corrected chi connectivity index (χ0v) is 10.5. The largest absolute Gasteiger partial charge is 0.313 e. The van der Waals surface area contributed by atoms with Gasteiger partial charge in [0.25, 0.3) is 0 Å². The lowest BCUT2D eigenvalue weighted by Crippen LogP contribution is -2.16. The molecule has 0 fully saturated rings. The van der Waals surface area contributed by atoms with Crippen molar-refractivity contribution < 1.29 is 0 Å². The van der Waals surface area contributed by atoms with Gasteiger partial charge in [-0.05, 0) is 50.4 Å². The van der Waals surface area contributed by atoms with Crippen LogP contribution in [-0.4, -0.2) is 6.54 Å². The normalized spacial score (nSPS) is 10.7. The molecule has 1 nitrogen and oxygen atoms in total. The molecule has 0 aliphatic carbocycles. The second kappa shape index (κ2) is 5.92. The molecule has 0 unspecified atom stereocenters. The summed E-state index contributed by atoms with van der Waals surface area (Å²) in [4.78, 5) is 0. The van der Waals surface area contributed by atoms with E-state index in [4.69, 9.17) is 0 Å². The van der Waals surface area contributed by atoms with Gasteiger partial charge in [-0.15, -0.1) is 0 Å². The van der Waals surface area contributed by atoms with Gasteiger partial charge in [-0.3, -0.25) is 0 Å². The number of hydrogen-bond acceptors (Lipinski definition) is 1. The molecule has 1 heteroatoms. The molecule has 15 heavy (non-hydrogen) atoms. The van der Waals surface area contributed by atoms with Crippen molar-refractivity contribution >= 4 is 0 Å². The molecular weight excluding hydrogens is 182 g/mol. The third kappa shape index (κ3) is 3.67. The molecule has 0 radical (unpaired) electrons. The first kappa shape index (κ1) is 12.3. The van der Waals surface area contributed by atoms with E-state index in [0.717, 1.165) is 13.1 Å². The van der Waals surface area contributed by atoms with Gasteiger partial charge >= 0.3 is 0 Å². The van der Waals surface area contributed by atoms with Crippen LogP contribution in [0.3, 0.4) is 0 Å². The van der Waals surface area contributed by atoms with E-state index in [0.29, 0.717) is 0 Å². The summed E-state index contributed by atoms with van der Waals surface area (Å²) in [6.45, 7) is 10.9. The van der Waals surface area contributed by atoms with E-state index >= 15 is 0 Å². The van der Waals surface area contributed by atoms with Crippen molar-refractivity contribution in [1.82, 2.24) is 5.32 Å². The Morgan fingerprint density at radius 3 is 2.20 bits per heavy atom. The van der Waals surface area contributed by atoms with Gasteiger partial charge in [0, 0.05) is 6.54 Å². The van der Waals surface area contributed by atoms with Gasteiger partial charge in [0.05, 0.1) is 0 Å². The smallest absolute Gasteiger partial charge is 0.0210 e. The number of benzene rings is 1. The lowest BCUT2D eigenvalue weighted by Gasteiger charge is -2.12. The standard InChI is InChI=1S/C14H23N/c1-5-6-7-15-10-14-12(3)8-11(2)9-13(14)4/h8-9,15H,5-7,10H2,1-4H3. The second-order valence-corrected chi connectivity index (χ2v) is 4.41. The minimum absolute atomic E-state index is 1.01. The Balaban J connectivity index is 2.60. The van der Waals surface area contributed by atoms with Gasteiger partial charge in [-0.2, -0.15) is 0 Å². The third-order valence-electron chi connectivity index (χ3n) is 2.85. The zero-order valence-electron chi connectivity index (χ0n) is 10.5. The lowest BCUT2D eigenvalue weighted by molar-refractivity contribution is 0.638. The third-order valence-corrected chi connectivity index (χ3v) is 2.85. The minimum atomic E-state index is 1.01. The van der Waals surface area contributed by atoms with Crippen LogP contribution in [0.15, 0.2) is 12.1 Å². The van der Waals surface area contributed by atoms with Crippen molar-refractivity contribution in [1.29, 1.82) is 0 Å². The van der Waals surface area contributed by atoms with E-state index in [1.807, 2.05) is 0 Å².